The van der Waals surface area contributed by atoms with Crippen molar-refractivity contribution in [3.8, 4) is 5.75 Å². The molecule has 1 heterocycles. The van der Waals surface area contributed by atoms with Crippen molar-refractivity contribution < 1.29 is 4.74 Å². The number of hydrogen-bond donors (Lipinski definition) is 1. The zero-order valence-electron chi connectivity index (χ0n) is 13.1. The Labute approximate surface area is 126 Å². The molecule has 0 saturated heterocycles. The number of benzene rings is 1. The number of methoxy groups -OCH3 is 1. The molecule has 0 radical (unpaired) electrons. The summed E-state index contributed by atoms with van der Waals surface area (Å²) in [6, 6.07) is 8.73. The van der Waals surface area contributed by atoms with Gasteiger partial charge < -0.3 is 10.1 Å². The number of fused-ring (bicyclic) bond motifs is 1. The molecular weight excluding hydrogens is 260 g/mol. The molecule has 0 bridgehead atoms. The minimum atomic E-state index is 0.529. The Morgan fingerprint density at radius 2 is 2.05 bits per heavy atom. The Bertz CT molecular complexity index is 626. The predicted octanol–water partition coefficient (Wildman–Crippen LogP) is 4.48. The van der Waals surface area contributed by atoms with Crippen LogP contribution in [0.25, 0.3) is 10.8 Å². The largest absolute Gasteiger partial charge is 0.497 e. The van der Waals surface area contributed by atoms with Gasteiger partial charge in [-0.25, -0.2) is 4.98 Å². The fourth-order valence-corrected chi connectivity index (χ4v) is 3.45. The molecule has 1 N–H and O–H groups in total. The zero-order chi connectivity index (χ0) is 14.8. The van der Waals surface area contributed by atoms with Gasteiger partial charge in [0.1, 0.15) is 11.6 Å². The number of aromatic nitrogens is 1. The number of hydrogen-bond acceptors (Lipinski definition) is 3. The van der Waals surface area contributed by atoms with Gasteiger partial charge in [-0.3, -0.25) is 0 Å². The summed E-state index contributed by atoms with van der Waals surface area (Å²) in [5.74, 6) is 3.44. The molecule has 1 saturated carbocycles. The van der Waals surface area contributed by atoms with E-state index in [4.69, 9.17) is 4.74 Å². The minimum Gasteiger partial charge on any atom is -0.497 e. The Balaban J connectivity index is 1.87. The van der Waals surface area contributed by atoms with Crippen LogP contribution in [-0.4, -0.2) is 18.1 Å². The molecule has 1 aliphatic carbocycles. The van der Waals surface area contributed by atoms with Crippen LogP contribution in [0.3, 0.4) is 0 Å². The van der Waals surface area contributed by atoms with Crippen molar-refractivity contribution >= 4 is 16.6 Å². The third-order valence-electron chi connectivity index (χ3n) is 4.73. The lowest BCUT2D eigenvalue weighted by Crippen LogP contribution is -2.33. The van der Waals surface area contributed by atoms with E-state index < -0.39 is 0 Å². The first-order valence-corrected chi connectivity index (χ1v) is 7.86. The van der Waals surface area contributed by atoms with Crippen LogP contribution < -0.4 is 10.1 Å². The molecule has 3 nitrogen and oxygen atoms in total. The monoisotopic (exact) mass is 284 g/mol. The highest BCUT2D eigenvalue weighted by Gasteiger charge is 2.25. The van der Waals surface area contributed by atoms with E-state index in [2.05, 4.69) is 36.3 Å². The summed E-state index contributed by atoms with van der Waals surface area (Å²) >= 11 is 0. The summed E-state index contributed by atoms with van der Waals surface area (Å²) in [4.78, 5) is 4.56. The Morgan fingerprint density at radius 3 is 2.81 bits per heavy atom. The second-order valence-corrected chi connectivity index (χ2v) is 6.39. The highest BCUT2D eigenvalue weighted by Crippen LogP contribution is 2.32. The molecule has 0 spiro atoms. The summed E-state index contributed by atoms with van der Waals surface area (Å²) in [6.45, 7) is 4.71. The predicted molar refractivity (Wildman–Crippen MR) is 87.9 cm³/mol. The molecule has 1 aliphatic rings. The van der Waals surface area contributed by atoms with Gasteiger partial charge in [0.25, 0.3) is 0 Å². The van der Waals surface area contributed by atoms with E-state index in [1.165, 1.54) is 30.0 Å². The SMILES string of the molecule is COc1ccc2c(NC3CCC(C)CC3C)nccc2c1. The molecule has 3 heteroatoms. The van der Waals surface area contributed by atoms with Crippen molar-refractivity contribution in [2.24, 2.45) is 11.8 Å². The maximum atomic E-state index is 5.30. The first kappa shape index (κ1) is 14.2. The van der Waals surface area contributed by atoms with Crippen LogP contribution in [0.4, 0.5) is 5.82 Å². The third-order valence-corrected chi connectivity index (χ3v) is 4.73. The molecule has 1 aromatic carbocycles. The van der Waals surface area contributed by atoms with Gasteiger partial charge in [0.15, 0.2) is 0 Å². The number of rotatable bonds is 3. The van der Waals surface area contributed by atoms with Crippen LogP contribution in [-0.2, 0) is 0 Å². The van der Waals surface area contributed by atoms with E-state index >= 15 is 0 Å². The summed E-state index contributed by atoms with van der Waals surface area (Å²) in [5, 5.41) is 6.02. The van der Waals surface area contributed by atoms with E-state index in [-0.39, 0.29) is 0 Å². The van der Waals surface area contributed by atoms with Gasteiger partial charge in [-0.1, -0.05) is 13.8 Å². The molecule has 3 rings (SSSR count). The summed E-state index contributed by atoms with van der Waals surface area (Å²) in [5.41, 5.74) is 0. The molecule has 0 aliphatic heterocycles. The van der Waals surface area contributed by atoms with Crippen molar-refractivity contribution in [3.63, 3.8) is 0 Å². The smallest absolute Gasteiger partial charge is 0.134 e. The topological polar surface area (TPSA) is 34.1 Å². The molecule has 21 heavy (non-hydrogen) atoms. The molecule has 3 atom stereocenters. The van der Waals surface area contributed by atoms with Crippen molar-refractivity contribution in [2.45, 2.75) is 39.2 Å². The van der Waals surface area contributed by atoms with Gasteiger partial charge in [-0.15, -0.1) is 0 Å². The van der Waals surface area contributed by atoms with Crippen LogP contribution in [0.5, 0.6) is 5.75 Å². The molecular formula is C18H24N2O. The number of ether oxygens (including phenoxy) is 1. The van der Waals surface area contributed by atoms with Crippen molar-refractivity contribution in [1.82, 2.24) is 4.98 Å². The molecule has 1 aromatic heterocycles. The van der Waals surface area contributed by atoms with E-state index in [1.807, 2.05) is 18.3 Å². The second-order valence-electron chi connectivity index (χ2n) is 6.39. The average Bonchev–Trinajstić information content (AvgIpc) is 2.49. The summed E-state index contributed by atoms with van der Waals surface area (Å²) < 4.78 is 5.30. The molecule has 0 amide bonds. The number of anilines is 1. The molecule has 112 valence electrons. The van der Waals surface area contributed by atoms with Crippen molar-refractivity contribution in [2.75, 3.05) is 12.4 Å². The first-order chi connectivity index (χ1) is 10.2. The van der Waals surface area contributed by atoms with Gasteiger partial charge in [0.2, 0.25) is 0 Å². The Hall–Kier alpha value is -1.77. The van der Waals surface area contributed by atoms with Crippen LogP contribution in [0, 0.1) is 11.8 Å². The molecule has 1 fully saturated rings. The Kier molecular flexibility index (Phi) is 4.00. The van der Waals surface area contributed by atoms with Gasteiger partial charge in [-0.2, -0.15) is 0 Å². The number of nitrogens with zero attached hydrogens (tertiary/aromatic N) is 1. The average molecular weight is 284 g/mol. The van der Waals surface area contributed by atoms with Crippen molar-refractivity contribution in [1.29, 1.82) is 0 Å². The fourth-order valence-electron chi connectivity index (χ4n) is 3.45. The quantitative estimate of drug-likeness (QED) is 0.902. The standard InChI is InChI=1S/C18H24N2O/c1-12-4-7-17(13(2)10-12)20-18-16-6-5-15(21-3)11-14(16)8-9-19-18/h5-6,8-9,11-13,17H,4,7,10H2,1-3H3,(H,19,20). The maximum Gasteiger partial charge on any atom is 0.134 e. The zero-order valence-corrected chi connectivity index (χ0v) is 13.1. The third kappa shape index (κ3) is 2.97. The minimum absolute atomic E-state index is 0.529. The van der Waals surface area contributed by atoms with Crippen LogP contribution in [0.2, 0.25) is 0 Å². The number of pyridine rings is 1. The lowest BCUT2D eigenvalue weighted by molar-refractivity contribution is 0.276. The van der Waals surface area contributed by atoms with E-state index in [0.717, 1.165) is 17.5 Å². The van der Waals surface area contributed by atoms with Crippen LogP contribution in [0.15, 0.2) is 30.5 Å². The van der Waals surface area contributed by atoms with Crippen molar-refractivity contribution in [3.05, 3.63) is 30.5 Å². The van der Waals surface area contributed by atoms with Gasteiger partial charge in [0, 0.05) is 17.6 Å². The van der Waals surface area contributed by atoms with Gasteiger partial charge in [0.05, 0.1) is 7.11 Å². The highest BCUT2D eigenvalue weighted by molar-refractivity contribution is 5.92. The van der Waals surface area contributed by atoms with E-state index in [1.54, 1.807) is 7.11 Å². The maximum absolute atomic E-state index is 5.30. The van der Waals surface area contributed by atoms with E-state index in [0.29, 0.717) is 12.0 Å². The summed E-state index contributed by atoms with van der Waals surface area (Å²) in [6.07, 6.45) is 5.72. The fraction of sp³-hybridized carbons (Fsp3) is 0.500. The normalized spacial score (nSPS) is 25.8. The second kappa shape index (κ2) is 5.92. The molecule has 2 aromatic rings. The van der Waals surface area contributed by atoms with Crippen LogP contribution >= 0.6 is 0 Å². The first-order valence-electron chi connectivity index (χ1n) is 7.86. The molecule has 3 unspecified atom stereocenters. The summed E-state index contributed by atoms with van der Waals surface area (Å²) in [7, 11) is 1.70. The lowest BCUT2D eigenvalue weighted by Gasteiger charge is -2.33. The van der Waals surface area contributed by atoms with Gasteiger partial charge in [-0.05, 0) is 60.7 Å². The van der Waals surface area contributed by atoms with E-state index in [9.17, 15) is 0 Å². The van der Waals surface area contributed by atoms with Crippen LogP contribution in [0.1, 0.15) is 33.1 Å². The highest BCUT2D eigenvalue weighted by atomic mass is 16.5. The number of nitrogens with one attached hydrogen (secondary N) is 1. The lowest BCUT2D eigenvalue weighted by atomic mass is 9.80. The Morgan fingerprint density at radius 1 is 1.19 bits per heavy atom. The van der Waals surface area contributed by atoms with Gasteiger partial charge >= 0.3 is 0 Å².